The van der Waals surface area contributed by atoms with E-state index in [0.29, 0.717) is 29.8 Å². The first kappa shape index (κ1) is 23.6. The van der Waals surface area contributed by atoms with Gasteiger partial charge in [-0.15, -0.1) is 11.3 Å². The van der Waals surface area contributed by atoms with Crippen molar-refractivity contribution in [2.24, 2.45) is 11.8 Å². The summed E-state index contributed by atoms with van der Waals surface area (Å²) in [6, 6.07) is 6.37. The lowest BCUT2D eigenvalue weighted by molar-refractivity contribution is -0.137. The minimum atomic E-state index is -0.691. The largest absolute Gasteiger partial charge is 0.493 e. The molecule has 3 rings (SSSR count). The number of piperidine rings is 1. The molecule has 1 aliphatic rings. The summed E-state index contributed by atoms with van der Waals surface area (Å²) in [5.41, 5.74) is 0.402. The number of nitrogens with zero attached hydrogens (tertiary/aromatic N) is 1. The van der Waals surface area contributed by atoms with E-state index in [1.54, 1.807) is 22.4 Å². The number of anilines is 1. The van der Waals surface area contributed by atoms with Crippen molar-refractivity contribution < 1.29 is 28.6 Å². The van der Waals surface area contributed by atoms with Gasteiger partial charge in [0.2, 0.25) is 0 Å². The first-order chi connectivity index (χ1) is 15.3. The number of nitrogens with one attached hydrogen (secondary N) is 1. The van der Waals surface area contributed by atoms with Crippen LogP contribution in [0.25, 0.3) is 0 Å². The molecule has 2 amide bonds. The molecule has 0 spiro atoms. The van der Waals surface area contributed by atoms with Gasteiger partial charge in [0.1, 0.15) is 0 Å². The summed E-state index contributed by atoms with van der Waals surface area (Å²) >= 11 is 1.29. The second kappa shape index (κ2) is 10.5. The fourth-order valence-corrected chi connectivity index (χ4v) is 4.55. The van der Waals surface area contributed by atoms with Crippen molar-refractivity contribution in [3.63, 3.8) is 0 Å². The highest BCUT2D eigenvalue weighted by atomic mass is 32.1. The molecule has 1 N–H and O–H groups in total. The van der Waals surface area contributed by atoms with Gasteiger partial charge in [-0.25, -0.2) is 4.79 Å². The van der Waals surface area contributed by atoms with E-state index in [0.717, 1.165) is 6.42 Å². The van der Waals surface area contributed by atoms with Crippen LogP contribution in [0.15, 0.2) is 29.6 Å². The predicted molar refractivity (Wildman–Crippen MR) is 122 cm³/mol. The van der Waals surface area contributed by atoms with Crippen LogP contribution in [0.3, 0.4) is 0 Å². The van der Waals surface area contributed by atoms with E-state index in [9.17, 15) is 14.4 Å². The first-order valence-corrected chi connectivity index (χ1v) is 11.3. The highest BCUT2D eigenvalue weighted by molar-refractivity contribution is 7.12. The van der Waals surface area contributed by atoms with Crippen LogP contribution in [0.4, 0.5) is 5.69 Å². The zero-order valence-corrected chi connectivity index (χ0v) is 19.5. The van der Waals surface area contributed by atoms with Crippen molar-refractivity contribution >= 4 is 34.8 Å². The molecule has 0 saturated carbocycles. The second-order valence-corrected chi connectivity index (χ2v) is 8.96. The van der Waals surface area contributed by atoms with Gasteiger partial charge >= 0.3 is 5.97 Å². The zero-order chi connectivity index (χ0) is 23.3. The zero-order valence-electron chi connectivity index (χ0n) is 18.7. The predicted octanol–water partition coefficient (Wildman–Crippen LogP) is 3.68. The Kier molecular flexibility index (Phi) is 7.74. The number of thiophene rings is 1. The van der Waals surface area contributed by atoms with Crippen molar-refractivity contribution in [1.82, 2.24) is 4.90 Å². The Morgan fingerprint density at radius 1 is 1.12 bits per heavy atom. The first-order valence-electron chi connectivity index (χ1n) is 10.4. The maximum absolute atomic E-state index is 12.7. The second-order valence-electron chi connectivity index (χ2n) is 8.01. The fourth-order valence-electron chi connectivity index (χ4n) is 3.94. The Bertz CT molecular complexity index is 965. The highest BCUT2D eigenvalue weighted by Gasteiger charge is 2.26. The van der Waals surface area contributed by atoms with Crippen LogP contribution < -0.4 is 14.8 Å². The standard InChI is InChI=1S/C23H28N2O6S/c1-14-8-15(2)12-25(11-14)20(26)13-31-23(28)16-9-17(21(30-4)18(10-16)29-3)24-22(27)19-6-5-7-32-19/h5-7,9-10,14-15H,8,11-13H2,1-4H3,(H,24,27)/t14-,15-/m0/s1. The van der Waals surface area contributed by atoms with Crippen molar-refractivity contribution in [3.8, 4) is 11.5 Å². The lowest BCUT2D eigenvalue weighted by Gasteiger charge is -2.34. The molecule has 0 aliphatic carbocycles. The molecule has 8 nitrogen and oxygen atoms in total. The molecule has 2 aromatic rings. The number of ether oxygens (including phenoxy) is 3. The average molecular weight is 461 g/mol. The summed E-state index contributed by atoms with van der Waals surface area (Å²) in [6.07, 6.45) is 1.08. The lowest BCUT2D eigenvalue weighted by atomic mass is 9.92. The summed E-state index contributed by atoms with van der Waals surface area (Å²) in [5.74, 6) is 0.120. The monoisotopic (exact) mass is 460 g/mol. The molecule has 1 saturated heterocycles. The van der Waals surface area contributed by atoms with E-state index in [4.69, 9.17) is 14.2 Å². The van der Waals surface area contributed by atoms with E-state index in [1.807, 2.05) is 0 Å². The van der Waals surface area contributed by atoms with Gasteiger partial charge in [-0.2, -0.15) is 0 Å². The van der Waals surface area contributed by atoms with E-state index in [-0.39, 0.29) is 41.2 Å². The summed E-state index contributed by atoms with van der Waals surface area (Å²) in [7, 11) is 2.87. The molecule has 9 heteroatoms. The van der Waals surface area contributed by atoms with E-state index >= 15 is 0 Å². The number of methoxy groups -OCH3 is 2. The third kappa shape index (κ3) is 5.59. The van der Waals surface area contributed by atoms with Crippen molar-refractivity contribution in [3.05, 3.63) is 40.1 Å². The SMILES string of the molecule is COc1cc(C(=O)OCC(=O)N2C[C@@H](C)C[C@H](C)C2)cc(NC(=O)c2cccs2)c1OC. The fraction of sp³-hybridized carbons (Fsp3) is 0.435. The van der Waals surface area contributed by atoms with Crippen LogP contribution >= 0.6 is 11.3 Å². The molecule has 1 aromatic carbocycles. The summed E-state index contributed by atoms with van der Waals surface area (Å²) in [5, 5.41) is 4.54. The van der Waals surface area contributed by atoms with Crippen molar-refractivity contribution in [2.75, 3.05) is 39.2 Å². The number of hydrogen-bond acceptors (Lipinski definition) is 7. The van der Waals surface area contributed by atoms with Crippen LogP contribution in [-0.2, 0) is 9.53 Å². The molecule has 32 heavy (non-hydrogen) atoms. The Balaban J connectivity index is 1.74. The van der Waals surface area contributed by atoms with Gasteiger partial charge in [0.15, 0.2) is 18.1 Å². The number of carbonyl (C=O) groups is 3. The molecular weight excluding hydrogens is 432 g/mol. The molecule has 1 aromatic heterocycles. The summed E-state index contributed by atoms with van der Waals surface area (Å²) < 4.78 is 16.0. The number of rotatable bonds is 7. The van der Waals surface area contributed by atoms with Gasteiger partial charge in [0.05, 0.1) is 30.3 Å². The van der Waals surface area contributed by atoms with Crippen LogP contribution in [0.5, 0.6) is 11.5 Å². The van der Waals surface area contributed by atoms with E-state index in [2.05, 4.69) is 19.2 Å². The Hall–Kier alpha value is -3.07. The maximum atomic E-state index is 12.7. The molecule has 0 unspecified atom stereocenters. The van der Waals surface area contributed by atoms with Crippen LogP contribution in [-0.4, -0.2) is 56.6 Å². The highest BCUT2D eigenvalue weighted by Crippen LogP contribution is 2.37. The molecule has 2 atom stereocenters. The Morgan fingerprint density at radius 2 is 1.84 bits per heavy atom. The van der Waals surface area contributed by atoms with Crippen LogP contribution in [0, 0.1) is 11.8 Å². The molecule has 0 bridgehead atoms. The van der Waals surface area contributed by atoms with Crippen molar-refractivity contribution in [2.45, 2.75) is 20.3 Å². The normalized spacial score (nSPS) is 18.1. The van der Waals surface area contributed by atoms with Gasteiger partial charge in [0.25, 0.3) is 11.8 Å². The third-order valence-corrected chi connectivity index (χ3v) is 6.12. The summed E-state index contributed by atoms with van der Waals surface area (Å²) in [6.45, 7) is 5.20. The van der Waals surface area contributed by atoms with Gasteiger partial charge in [-0.05, 0) is 41.8 Å². The van der Waals surface area contributed by atoms with E-state index in [1.165, 1.54) is 37.7 Å². The summed E-state index contributed by atoms with van der Waals surface area (Å²) in [4.78, 5) is 40.0. The smallest absolute Gasteiger partial charge is 0.338 e. The lowest BCUT2D eigenvalue weighted by Crippen LogP contribution is -2.44. The number of esters is 1. The topological polar surface area (TPSA) is 94.2 Å². The minimum Gasteiger partial charge on any atom is -0.493 e. The number of amides is 2. The number of likely N-dealkylation sites (tertiary alicyclic amines) is 1. The van der Waals surface area contributed by atoms with Gasteiger partial charge in [0, 0.05) is 13.1 Å². The average Bonchev–Trinajstić information content (AvgIpc) is 3.31. The van der Waals surface area contributed by atoms with Crippen LogP contribution in [0.1, 0.15) is 40.3 Å². The van der Waals surface area contributed by atoms with E-state index < -0.39 is 5.97 Å². The van der Waals surface area contributed by atoms with Gasteiger partial charge in [-0.3, -0.25) is 9.59 Å². The minimum absolute atomic E-state index is 0.136. The Labute approximate surface area is 191 Å². The molecular formula is C23H28N2O6S. The molecule has 172 valence electrons. The van der Waals surface area contributed by atoms with Gasteiger partial charge in [-0.1, -0.05) is 19.9 Å². The molecule has 1 fully saturated rings. The Morgan fingerprint density at radius 3 is 2.44 bits per heavy atom. The number of hydrogen-bond donors (Lipinski definition) is 1. The number of benzene rings is 1. The van der Waals surface area contributed by atoms with Gasteiger partial charge < -0.3 is 24.4 Å². The molecule has 2 heterocycles. The van der Waals surface area contributed by atoms with Crippen LogP contribution in [0.2, 0.25) is 0 Å². The molecule has 1 aliphatic heterocycles. The third-order valence-electron chi connectivity index (χ3n) is 5.26. The molecule has 0 radical (unpaired) electrons. The maximum Gasteiger partial charge on any atom is 0.338 e. The quantitative estimate of drug-likeness (QED) is 0.634. The number of carbonyl (C=O) groups excluding carboxylic acids is 3. The van der Waals surface area contributed by atoms with Crippen molar-refractivity contribution in [1.29, 1.82) is 0 Å².